The molecule has 0 aliphatic heterocycles. The van der Waals surface area contributed by atoms with Crippen molar-refractivity contribution in [2.24, 2.45) is 4.40 Å². The van der Waals surface area contributed by atoms with Crippen molar-refractivity contribution in [1.82, 2.24) is 4.57 Å². The fraction of sp³-hybridized carbons (Fsp3) is 0. The Balaban J connectivity index is 1.95. The first-order chi connectivity index (χ1) is 11.0. The minimum Gasteiger partial charge on any atom is -0.324 e. The molecule has 3 aromatic rings. The molecule has 0 aliphatic carbocycles. The number of para-hydroxylation sites is 1. The second-order valence-corrected chi connectivity index (χ2v) is 6.86. The van der Waals surface area contributed by atoms with Crippen molar-refractivity contribution in [2.45, 2.75) is 4.90 Å². The number of hydrogen-bond acceptors (Lipinski definition) is 2. The van der Waals surface area contributed by atoms with E-state index in [4.69, 9.17) is 11.6 Å². The van der Waals surface area contributed by atoms with Crippen LogP contribution >= 0.6 is 11.6 Å². The largest absolute Gasteiger partial charge is 0.324 e. The van der Waals surface area contributed by atoms with Crippen LogP contribution in [0, 0.1) is 0 Å². The summed E-state index contributed by atoms with van der Waals surface area (Å²) in [4.78, 5) is 0.113. The molecular weight excluding hydrogens is 332 g/mol. The zero-order valence-electron chi connectivity index (χ0n) is 12.0. The van der Waals surface area contributed by atoms with E-state index in [1.165, 1.54) is 24.3 Å². The molecule has 0 saturated carbocycles. The van der Waals surface area contributed by atoms with Crippen molar-refractivity contribution in [2.75, 3.05) is 0 Å². The predicted octanol–water partition coefficient (Wildman–Crippen LogP) is 3.42. The number of nitrogens with zero attached hydrogens (tertiary/aromatic N) is 2. The van der Waals surface area contributed by atoms with Crippen LogP contribution < -0.4 is 5.36 Å². The Morgan fingerprint density at radius 2 is 1.43 bits per heavy atom. The summed E-state index contributed by atoms with van der Waals surface area (Å²) in [6.07, 6.45) is 3.54. The molecule has 23 heavy (non-hydrogen) atoms. The van der Waals surface area contributed by atoms with Crippen molar-refractivity contribution in [3.8, 4) is 5.69 Å². The summed E-state index contributed by atoms with van der Waals surface area (Å²) in [7, 11) is -3.75. The highest BCUT2D eigenvalue weighted by atomic mass is 35.5. The lowest BCUT2D eigenvalue weighted by molar-refractivity contribution is 0.597. The van der Waals surface area contributed by atoms with E-state index in [-0.39, 0.29) is 4.90 Å². The smallest absolute Gasteiger partial charge is 0.282 e. The van der Waals surface area contributed by atoms with Gasteiger partial charge >= 0.3 is 0 Å². The van der Waals surface area contributed by atoms with Gasteiger partial charge in [0.25, 0.3) is 10.0 Å². The minimum atomic E-state index is -3.75. The van der Waals surface area contributed by atoms with E-state index >= 15 is 0 Å². The van der Waals surface area contributed by atoms with Crippen LogP contribution in [-0.2, 0) is 10.0 Å². The van der Waals surface area contributed by atoms with Crippen molar-refractivity contribution >= 4 is 21.6 Å². The monoisotopic (exact) mass is 344 g/mol. The maximum absolute atomic E-state index is 12.3. The number of halogens is 1. The standard InChI is InChI=1S/C17H13ClN2O2S/c18-14-6-8-17(9-7-14)23(21,22)19-15-10-12-20(13-11-15)16-4-2-1-3-5-16/h1-13H. The van der Waals surface area contributed by atoms with Gasteiger partial charge in [-0.1, -0.05) is 29.8 Å². The van der Waals surface area contributed by atoms with Crippen molar-refractivity contribution < 1.29 is 8.42 Å². The summed E-state index contributed by atoms with van der Waals surface area (Å²) in [5, 5.41) is 0.847. The lowest BCUT2D eigenvalue weighted by atomic mass is 10.3. The third-order valence-corrected chi connectivity index (χ3v) is 4.77. The van der Waals surface area contributed by atoms with E-state index in [1.807, 2.05) is 34.9 Å². The Kier molecular flexibility index (Phi) is 4.32. The van der Waals surface area contributed by atoms with Gasteiger partial charge in [0, 0.05) is 23.1 Å². The third kappa shape index (κ3) is 3.70. The van der Waals surface area contributed by atoms with Gasteiger partial charge in [-0.3, -0.25) is 0 Å². The molecule has 4 nitrogen and oxygen atoms in total. The van der Waals surface area contributed by atoms with Crippen LogP contribution in [0.4, 0.5) is 0 Å². The predicted molar refractivity (Wildman–Crippen MR) is 90.0 cm³/mol. The molecule has 0 aliphatic rings. The highest BCUT2D eigenvalue weighted by Crippen LogP contribution is 2.15. The molecule has 116 valence electrons. The quantitative estimate of drug-likeness (QED) is 0.731. The first-order valence-electron chi connectivity index (χ1n) is 6.85. The molecule has 0 N–H and O–H groups in total. The number of pyridine rings is 1. The van der Waals surface area contributed by atoms with E-state index in [9.17, 15) is 8.42 Å². The number of aromatic nitrogens is 1. The van der Waals surface area contributed by atoms with Gasteiger partial charge in [-0.05, 0) is 48.5 Å². The van der Waals surface area contributed by atoms with Gasteiger partial charge < -0.3 is 4.57 Å². The van der Waals surface area contributed by atoms with Crippen molar-refractivity contribution in [3.63, 3.8) is 0 Å². The summed E-state index contributed by atoms with van der Waals surface area (Å²) in [5.74, 6) is 0. The van der Waals surface area contributed by atoms with E-state index in [0.717, 1.165) is 5.69 Å². The Morgan fingerprint density at radius 3 is 2.04 bits per heavy atom. The normalized spacial score (nSPS) is 11.2. The average Bonchev–Trinajstić information content (AvgIpc) is 2.56. The minimum absolute atomic E-state index is 0.113. The molecule has 0 fully saturated rings. The molecule has 0 spiro atoms. The summed E-state index contributed by atoms with van der Waals surface area (Å²) >= 11 is 5.77. The van der Waals surface area contributed by atoms with Gasteiger partial charge in [0.15, 0.2) is 0 Å². The molecule has 0 radical (unpaired) electrons. The first kappa shape index (κ1) is 15.5. The lowest BCUT2D eigenvalue weighted by Crippen LogP contribution is -2.08. The van der Waals surface area contributed by atoms with Gasteiger partial charge in [0.1, 0.15) is 0 Å². The molecular formula is C17H13ClN2O2S. The van der Waals surface area contributed by atoms with Crippen LogP contribution in [0.3, 0.4) is 0 Å². The average molecular weight is 345 g/mol. The zero-order chi connectivity index (χ0) is 16.3. The Morgan fingerprint density at radius 1 is 0.826 bits per heavy atom. The highest BCUT2D eigenvalue weighted by Gasteiger charge is 2.11. The van der Waals surface area contributed by atoms with Crippen LogP contribution in [0.1, 0.15) is 0 Å². The van der Waals surface area contributed by atoms with E-state index in [2.05, 4.69) is 4.40 Å². The topological polar surface area (TPSA) is 51.4 Å². The van der Waals surface area contributed by atoms with E-state index in [0.29, 0.717) is 10.4 Å². The van der Waals surface area contributed by atoms with Crippen LogP contribution in [0.2, 0.25) is 5.02 Å². The fourth-order valence-electron chi connectivity index (χ4n) is 2.05. The zero-order valence-corrected chi connectivity index (χ0v) is 13.6. The first-order valence-corrected chi connectivity index (χ1v) is 8.67. The van der Waals surface area contributed by atoms with Crippen molar-refractivity contribution in [3.05, 3.63) is 89.5 Å². The van der Waals surface area contributed by atoms with E-state index < -0.39 is 10.0 Å². The maximum Gasteiger partial charge on any atom is 0.282 e. The van der Waals surface area contributed by atoms with Gasteiger partial charge in [-0.15, -0.1) is 0 Å². The number of rotatable bonds is 3. The lowest BCUT2D eigenvalue weighted by Gasteiger charge is -2.05. The molecule has 3 rings (SSSR count). The van der Waals surface area contributed by atoms with Gasteiger partial charge in [-0.25, -0.2) is 0 Å². The SMILES string of the molecule is O=S(=O)(N=c1ccn(-c2ccccc2)cc1)c1ccc(Cl)cc1. The number of hydrogen-bond donors (Lipinski definition) is 0. The molecule has 2 aromatic carbocycles. The van der Waals surface area contributed by atoms with Gasteiger partial charge in [0.05, 0.1) is 10.3 Å². The summed E-state index contributed by atoms with van der Waals surface area (Å²) in [5.41, 5.74) is 0.986. The van der Waals surface area contributed by atoms with E-state index in [1.54, 1.807) is 24.5 Å². The second-order valence-electron chi connectivity index (χ2n) is 4.82. The van der Waals surface area contributed by atoms with Crippen LogP contribution in [0.5, 0.6) is 0 Å². The molecule has 0 bridgehead atoms. The molecule has 0 unspecified atom stereocenters. The van der Waals surface area contributed by atoms with Crippen LogP contribution in [-0.4, -0.2) is 13.0 Å². The number of benzene rings is 2. The molecule has 6 heteroatoms. The van der Waals surface area contributed by atoms with Gasteiger partial charge in [-0.2, -0.15) is 12.8 Å². The van der Waals surface area contributed by atoms with Crippen molar-refractivity contribution in [1.29, 1.82) is 0 Å². The van der Waals surface area contributed by atoms with Gasteiger partial charge in [0.2, 0.25) is 0 Å². The highest BCUT2D eigenvalue weighted by molar-refractivity contribution is 7.90. The van der Waals surface area contributed by atoms with Crippen LogP contribution in [0.15, 0.2) is 88.4 Å². The van der Waals surface area contributed by atoms with Crippen LogP contribution in [0.25, 0.3) is 5.69 Å². The Labute approximate surface area is 139 Å². The molecule has 1 aromatic heterocycles. The Bertz CT molecular complexity index is 959. The summed E-state index contributed by atoms with van der Waals surface area (Å²) in [6, 6.07) is 19.0. The number of sulfonamides is 1. The summed E-state index contributed by atoms with van der Waals surface area (Å²) < 4.78 is 30.2. The molecule has 0 atom stereocenters. The second kappa shape index (κ2) is 6.40. The molecule has 0 amide bonds. The third-order valence-electron chi connectivity index (χ3n) is 3.20. The molecule has 0 saturated heterocycles. The Hall–Kier alpha value is -2.37. The molecule has 1 heterocycles. The maximum atomic E-state index is 12.3. The summed E-state index contributed by atoms with van der Waals surface area (Å²) in [6.45, 7) is 0. The fourth-order valence-corrected chi connectivity index (χ4v) is 3.16.